The zero-order valence-corrected chi connectivity index (χ0v) is 17.4. The topological polar surface area (TPSA) is 94.5 Å². The highest BCUT2D eigenvalue weighted by atomic mass is 16.5. The van der Waals surface area contributed by atoms with Crippen molar-refractivity contribution in [2.45, 2.75) is 6.04 Å². The van der Waals surface area contributed by atoms with Crippen LogP contribution in [-0.4, -0.2) is 57.2 Å². The molecule has 1 saturated heterocycles. The molecule has 0 aromatic heterocycles. The molecule has 3 rings (SSSR count). The van der Waals surface area contributed by atoms with Crippen molar-refractivity contribution in [2.75, 3.05) is 35.5 Å². The maximum Gasteiger partial charge on any atom is 0.295 e. The number of Topliss-reactive ketones (excluding diaryl/α,β-unsaturated/α-hetero) is 1. The van der Waals surface area contributed by atoms with Gasteiger partial charge in [0, 0.05) is 24.2 Å². The lowest BCUT2D eigenvalue weighted by molar-refractivity contribution is -0.139. The first-order chi connectivity index (χ1) is 14.4. The number of benzene rings is 2. The molecule has 30 heavy (non-hydrogen) atoms. The second-order valence-electron chi connectivity index (χ2n) is 6.59. The first-order valence-electron chi connectivity index (χ1n) is 9.06. The highest BCUT2D eigenvalue weighted by molar-refractivity contribution is 6.46. The second-order valence-corrected chi connectivity index (χ2v) is 6.59. The molecular weight excluding hydrogens is 390 g/mol. The van der Waals surface area contributed by atoms with E-state index in [9.17, 15) is 14.7 Å². The molecule has 1 N–H and O–H groups in total. The number of aliphatic hydroxyl groups is 1. The van der Waals surface area contributed by atoms with E-state index >= 15 is 0 Å². The minimum absolute atomic E-state index is 0.0433. The molecule has 0 saturated carbocycles. The van der Waals surface area contributed by atoms with Gasteiger partial charge in [0.25, 0.3) is 11.7 Å². The molecule has 0 spiro atoms. The summed E-state index contributed by atoms with van der Waals surface area (Å²) in [7, 11) is 7.47. The van der Waals surface area contributed by atoms with Gasteiger partial charge in [-0.2, -0.15) is 0 Å². The number of rotatable bonds is 6. The van der Waals surface area contributed by atoms with Crippen LogP contribution in [0.5, 0.6) is 23.0 Å². The summed E-state index contributed by atoms with van der Waals surface area (Å²) in [5, 5.41) is 11.0. The number of nitrogens with zero attached hydrogens (tertiary/aromatic N) is 1. The molecule has 2 aromatic rings. The monoisotopic (exact) mass is 413 g/mol. The molecule has 8 heteroatoms. The molecule has 1 atom stereocenters. The van der Waals surface area contributed by atoms with Gasteiger partial charge in [0.1, 0.15) is 17.3 Å². The van der Waals surface area contributed by atoms with Crippen LogP contribution in [0.2, 0.25) is 0 Å². The van der Waals surface area contributed by atoms with Crippen LogP contribution in [-0.2, 0) is 9.59 Å². The fourth-order valence-electron chi connectivity index (χ4n) is 3.49. The Labute approximate surface area is 174 Å². The summed E-state index contributed by atoms with van der Waals surface area (Å²) < 4.78 is 21.2. The Morgan fingerprint density at radius 1 is 0.867 bits per heavy atom. The minimum Gasteiger partial charge on any atom is -0.507 e. The summed E-state index contributed by atoms with van der Waals surface area (Å²) in [5.74, 6) is 0.00755. The van der Waals surface area contributed by atoms with Crippen LogP contribution in [0.3, 0.4) is 0 Å². The first-order valence-corrected chi connectivity index (χ1v) is 9.06. The SMILES string of the molecule is COc1ccc(C2C(=C(O)c3ccc(OC)c(OC)c3)C(=O)C(=O)N2C)c(OC)c1. The van der Waals surface area contributed by atoms with Gasteiger partial charge in [0.2, 0.25) is 0 Å². The molecule has 1 heterocycles. The summed E-state index contributed by atoms with van der Waals surface area (Å²) >= 11 is 0. The van der Waals surface area contributed by atoms with Crippen molar-refractivity contribution in [1.29, 1.82) is 0 Å². The number of carbonyl (C=O) groups excluding carboxylic acids is 2. The number of likely N-dealkylation sites (tertiary alicyclic amines) is 1. The lowest BCUT2D eigenvalue weighted by Gasteiger charge is -2.23. The zero-order chi connectivity index (χ0) is 22.0. The molecule has 8 nitrogen and oxygen atoms in total. The number of aliphatic hydroxyl groups excluding tert-OH is 1. The Kier molecular flexibility index (Phi) is 5.86. The van der Waals surface area contributed by atoms with Crippen LogP contribution in [0.1, 0.15) is 17.2 Å². The summed E-state index contributed by atoms with van der Waals surface area (Å²) in [4.78, 5) is 26.6. The predicted molar refractivity (Wildman–Crippen MR) is 109 cm³/mol. The normalized spacial score (nSPS) is 17.8. The number of carbonyl (C=O) groups is 2. The molecular formula is C22H23NO7. The lowest BCUT2D eigenvalue weighted by Crippen LogP contribution is -2.25. The first kappa shape index (κ1) is 21.0. The van der Waals surface area contributed by atoms with E-state index in [0.29, 0.717) is 34.1 Å². The quantitative estimate of drug-likeness (QED) is 0.442. The molecule has 0 bridgehead atoms. The number of hydrogen-bond acceptors (Lipinski definition) is 7. The standard InChI is InChI=1S/C22H23NO7/c1-23-19(14-8-7-13(27-2)11-16(14)29-4)18(21(25)22(23)26)20(24)12-6-9-15(28-3)17(10-12)30-5/h6-11,19,24H,1-5H3. The van der Waals surface area contributed by atoms with Crippen molar-refractivity contribution < 1.29 is 33.6 Å². The van der Waals surface area contributed by atoms with Gasteiger partial charge in [-0.25, -0.2) is 0 Å². The summed E-state index contributed by atoms with van der Waals surface area (Å²) in [6.07, 6.45) is 0. The molecule has 1 aliphatic heterocycles. The van der Waals surface area contributed by atoms with Gasteiger partial charge < -0.3 is 29.0 Å². The highest BCUT2D eigenvalue weighted by Gasteiger charge is 2.45. The Balaban J connectivity index is 2.21. The van der Waals surface area contributed by atoms with Crippen LogP contribution in [0.4, 0.5) is 0 Å². The van der Waals surface area contributed by atoms with E-state index in [1.807, 2.05) is 0 Å². The third-order valence-electron chi connectivity index (χ3n) is 5.07. The van der Waals surface area contributed by atoms with E-state index in [0.717, 1.165) is 0 Å². The maximum absolute atomic E-state index is 12.8. The second kappa shape index (κ2) is 8.36. The molecule has 1 amide bonds. The average Bonchev–Trinajstić information content (AvgIpc) is 3.01. The van der Waals surface area contributed by atoms with Gasteiger partial charge in [-0.1, -0.05) is 0 Å². The smallest absolute Gasteiger partial charge is 0.295 e. The Morgan fingerprint density at radius 3 is 2.13 bits per heavy atom. The Hall–Kier alpha value is -3.68. The van der Waals surface area contributed by atoms with Crippen LogP contribution in [0.15, 0.2) is 42.0 Å². The third-order valence-corrected chi connectivity index (χ3v) is 5.07. The number of likely N-dealkylation sites (N-methyl/N-ethyl adjacent to an activating group) is 1. The molecule has 0 aliphatic carbocycles. The number of amides is 1. The van der Waals surface area contributed by atoms with Gasteiger partial charge >= 0.3 is 0 Å². The fourth-order valence-corrected chi connectivity index (χ4v) is 3.49. The van der Waals surface area contributed by atoms with Gasteiger partial charge in [-0.05, 0) is 30.3 Å². The van der Waals surface area contributed by atoms with Crippen molar-refractivity contribution >= 4 is 17.4 Å². The highest BCUT2D eigenvalue weighted by Crippen LogP contribution is 2.43. The van der Waals surface area contributed by atoms with E-state index in [4.69, 9.17) is 18.9 Å². The lowest BCUT2D eigenvalue weighted by atomic mass is 9.94. The van der Waals surface area contributed by atoms with Crippen LogP contribution in [0.25, 0.3) is 5.76 Å². The van der Waals surface area contributed by atoms with Crippen molar-refractivity contribution in [1.82, 2.24) is 4.90 Å². The van der Waals surface area contributed by atoms with E-state index in [-0.39, 0.29) is 11.3 Å². The molecule has 158 valence electrons. The van der Waals surface area contributed by atoms with Crippen LogP contribution >= 0.6 is 0 Å². The number of ketones is 1. The van der Waals surface area contributed by atoms with E-state index in [1.165, 1.54) is 40.4 Å². The summed E-state index contributed by atoms with van der Waals surface area (Å²) in [5.41, 5.74) is 0.816. The van der Waals surface area contributed by atoms with Gasteiger partial charge in [0.05, 0.1) is 40.1 Å². The van der Waals surface area contributed by atoms with Crippen molar-refractivity contribution in [3.05, 3.63) is 53.1 Å². The van der Waals surface area contributed by atoms with E-state index < -0.39 is 17.7 Å². The fraction of sp³-hybridized carbons (Fsp3) is 0.273. The molecule has 0 radical (unpaired) electrons. The van der Waals surface area contributed by atoms with Crippen molar-refractivity contribution in [3.63, 3.8) is 0 Å². The Bertz CT molecular complexity index is 1030. The summed E-state index contributed by atoms with van der Waals surface area (Å²) in [6.45, 7) is 0. The molecule has 1 fully saturated rings. The average molecular weight is 413 g/mol. The number of ether oxygens (including phenoxy) is 4. The molecule has 1 aliphatic rings. The van der Waals surface area contributed by atoms with Crippen molar-refractivity contribution in [3.8, 4) is 23.0 Å². The Morgan fingerprint density at radius 2 is 1.53 bits per heavy atom. The largest absolute Gasteiger partial charge is 0.507 e. The van der Waals surface area contributed by atoms with E-state index in [2.05, 4.69) is 0 Å². The number of methoxy groups -OCH3 is 4. The predicted octanol–water partition coefficient (Wildman–Crippen LogP) is 2.77. The van der Waals surface area contributed by atoms with Crippen LogP contribution < -0.4 is 18.9 Å². The van der Waals surface area contributed by atoms with Crippen molar-refractivity contribution in [2.24, 2.45) is 0 Å². The van der Waals surface area contributed by atoms with Gasteiger partial charge in [0.15, 0.2) is 11.5 Å². The minimum atomic E-state index is -0.834. The summed E-state index contributed by atoms with van der Waals surface area (Å²) in [6, 6.07) is 8.96. The van der Waals surface area contributed by atoms with Crippen LogP contribution in [0, 0.1) is 0 Å². The van der Waals surface area contributed by atoms with Gasteiger partial charge in [-0.3, -0.25) is 9.59 Å². The molecule has 2 aromatic carbocycles. The zero-order valence-electron chi connectivity index (χ0n) is 17.4. The van der Waals surface area contributed by atoms with Gasteiger partial charge in [-0.15, -0.1) is 0 Å². The third kappa shape index (κ3) is 3.41. The number of hydrogen-bond donors (Lipinski definition) is 1. The molecule has 1 unspecified atom stereocenters. The maximum atomic E-state index is 12.8. The van der Waals surface area contributed by atoms with E-state index in [1.54, 1.807) is 36.4 Å².